The molecule has 0 aromatic carbocycles. The molecule has 20 N–H and O–H groups in total. The number of ether oxygens (including phenoxy) is 2. The molecule has 0 spiro atoms. The number of carbonyl (C=O) groups is 12. The van der Waals surface area contributed by atoms with E-state index in [0.717, 1.165) is 13.8 Å². The number of nitrogens with one attached hydrogen (secondary N) is 9. The van der Waals surface area contributed by atoms with Crippen LogP contribution in [0.1, 0.15) is 52.4 Å². The zero-order valence-electron chi connectivity index (χ0n) is 42.6. The molecule has 0 aliphatic carbocycles. The van der Waals surface area contributed by atoms with Crippen molar-refractivity contribution in [2.45, 2.75) is 129 Å². The molecule has 36 heteroatoms. The molecular weight excluding hydrogens is 1110 g/mol. The quantitative estimate of drug-likeness (QED) is 0.0266. The molecule has 0 saturated carbocycles. The SMILES string of the molecule is CC(=O)N[C@H]1[C@H]([C@H](O)[C@H](O)CO)O[C@@](SCC(=O)NCC(=O)NCC(=O)NCCCC[C@H](NC(=O)CNC(=O)CNC(=O)CS[C@]2(C(=O)O)C[C@H](O)[C@@H](NC(C)=O)[C@H]([C@H](O)[C@H](O)CO)O2)C(=O)NCCC(=O)O)(C(=O)O)C[C@@H]1O. The Kier molecular flexibility index (Phi) is 29.3. The number of rotatable bonds is 34. The highest BCUT2D eigenvalue weighted by molar-refractivity contribution is 8.02. The van der Waals surface area contributed by atoms with Gasteiger partial charge in [-0.3, -0.25) is 47.9 Å². The predicted octanol–water partition coefficient (Wildman–Crippen LogP) is -10.4. The van der Waals surface area contributed by atoms with E-state index in [0.29, 0.717) is 23.5 Å². The van der Waals surface area contributed by atoms with Crippen molar-refractivity contribution in [2.75, 3.05) is 64.0 Å². The first kappa shape index (κ1) is 69.0. The van der Waals surface area contributed by atoms with Crippen LogP contribution in [0.15, 0.2) is 0 Å². The number of hydrogen-bond donors (Lipinski definition) is 20. The van der Waals surface area contributed by atoms with Crippen LogP contribution in [0, 0.1) is 0 Å². The number of amides is 9. The number of aliphatic hydroxyl groups is 8. The number of carboxylic acids is 3. The Morgan fingerprint density at radius 2 is 0.937 bits per heavy atom. The van der Waals surface area contributed by atoms with Gasteiger partial charge in [0.15, 0.2) is 0 Å². The fourth-order valence-corrected chi connectivity index (χ4v) is 9.67. The first-order chi connectivity index (χ1) is 37.0. The maximum atomic E-state index is 12.9. The summed E-state index contributed by atoms with van der Waals surface area (Å²) in [5.74, 6) is -13.5. The van der Waals surface area contributed by atoms with E-state index in [-0.39, 0.29) is 32.4 Å². The highest BCUT2D eigenvalue weighted by Crippen LogP contribution is 2.42. The van der Waals surface area contributed by atoms with Gasteiger partial charge in [-0.05, 0) is 19.3 Å². The van der Waals surface area contributed by atoms with Gasteiger partial charge in [0.2, 0.25) is 63.0 Å². The Hall–Kier alpha value is -6.06. The van der Waals surface area contributed by atoms with Gasteiger partial charge in [-0.15, -0.1) is 23.5 Å². The van der Waals surface area contributed by atoms with E-state index in [1.54, 1.807) is 0 Å². The van der Waals surface area contributed by atoms with E-state index >= 15 is 0 Å². The molecule has 2 saturated heterocycles. The smallest absolute Gasteiger partial charge is 0.346 e. The third-order valence-electron chi connectivity index (χ3n) is 11.6. The maximum absolute atomic E-state index is 12.9. The molecule has 2 aliphatic heterocycles. The number of aliphatic carboxylic acids is 3. The fraction of sp³-hybridized carbons (Fsp3) is 0.721. The summed E-state index contributed by atoms with van der Waals surface area (Å²) in [5, 5.41) is 131. The normalized spacial score (nSPS) is 24.5. The summed E-state index contributed by atoms with van der Waals surface area (Å²) in [7, 11) is 0. The molecule has 2 aliphatic rings. The highest BCUT2D eigenvalue weighted by Gasteiger charge is 2.57. The predicted molar refractivity (Wildman–Crippen MR) is 266 cm³/mol. The van der Waals surface area contributed by atoms with E-state index in [4.69, 9.17) is 14.6 Å². The van der Waals surface area contributed by atoms with Gasteiger partial charge >= 0.3 is 17.9 Å². The van der Waals surface area contributed by atoms with Crippen molar-refractivity contribution >= 4 is 94.6 Å². The number of aliphatic hydroxyl groups excluding tert-OH is 8. The lowest BCUT2D eigenvalue weighted by Gasteiger charge is -2.46. The topological polar surface area (TPSA) is 554 Å². The number of hydrogen-bond acceptors (Lipinski definition) is 24. The van der Waals surface area contributed by atoms with Crippen molar-refractivity contribution in [3.63, 3.8) is 0 Å². The molecular formula is C43H69N9O25S2. The van der Waals surface area contributed by atoms with Crippen molar-refractivity contribution in [1.82, 2.24) is 47.9 Å². The summed E-state index contributed by atoms with van der Waals surface area (Å²) in [6.45, 7) is -2.97. The lowest BCUT2D eigenvalue weighted by molar-refractivity contribution is -0.205. The zero-order chi connectivity index (χ0) is 59.8. The van der Waals surface area contributed by atoms with Crippen LogP contribution in [-0.2, 0) is 67.0 Å². The third kappa shape index (κ3) is 22.9. The van der Waals surface area contributed by atoms with Gasteiger partial charge in [0.1, 0.15) is 42.7 Å². The standard InChI is InChI=1S/C43H69N9O25S2/c1-19(55)50-33-22(57)9-42(40(72)73,76-37(33)35(69)24(59)15-53)78-17-30(65)48-12-27(62)46-11-26(61)44-7-4-3-5-21(39(71)45-8-6-32(67)68)52-29(64)14-47-28(63)13-49-31(66)18-79-43(41(74)75)10-23(58)34(51-20(2)56)38(77-43)36(70)25(60)16-54/h21-25,33-38,53-54,57-60,69-70H,3-18H2,1-2H3,(H,44,61)(H,45,71)(H,46,62)(H,47,63)(H,48,65)(H,49,66)(H,50,55)(H,51,56)(H,52,64)(H,67,68)(H,72,73)(H,74,75)/t21-,22-,23-,24+,25+,33+,34+,35+,36+,37+,38+,42-,43-/m0/s1. The summed E-state index contributed by atoms with van der Waals surface area (Å²) in [5.41, 5.74) is 0. The van der Waals surface area contributed by atoms with Crippen LogP contribution >= 0.6 is 23.5 Å². The van der Waals surface area contributed by atoms with Crippen LogP contribution in [0.3, 0.4) is 0 Å². The third-order valence-corrected chi connectivity index (χ3v) is 14.2. The molecule has 0 aromatic heterocycles. The van der Waals surface area contributed by atoms with Gasteiger partial charge in [-0.2, -0.15) is 0 Å². The van der Waals surface area contributed by atoms with Gasteiger partial charge in [-0.25, -0.2) is 9.59 Å². The lowest BCUT2D eigenvalue weighted by Crippen LogP contribution is -2.66. The van der Waals surface area contributed by atoms with Crippen LogP contribution in [0.5, 0.6) is 0 Å². The molecule has 34 nitrogen and oxygen atoms in total. The van der Waals surface area contributed by atoms with E-state index in [1.807, 2.05) is 0 Å². The summed E-state index contributed by atoms with van der Waals surface area (Å²) >= 11 is 0.666. The Bertz CT molecular complexity index is 2170. The van der Waals surface area contributed by atoms with Crippen LogP contribution in [0.4, 0.5) is 0 Å². The Labute approximate surface area is 457 Å². The van der Waals surface area contributed by atoms with Crippen molar-refractivity contribution in [1.29, 1.82) is 0 Å². The molecule has 79 heavy (non-hydrogen) atoms. The van der Waals surface area contributed by atoms with Gasteiger partial charge in [0.25, 0.3) is 0 Å². The maximum Gasteiger partial charge on any atom is 0.346 e. The van der Waals surface area contributed by atoms with Crippen molar-refractivity contribution in [3.8, 4) is 0 Å². The second-order valence-corrected chi connectivity index (χ2v) is 20.3. The van der Waals surface area contributed by atoms with E-state index in [2.05, 4.69) is 47.9 Å². The number of carbonyl (C=O) groups excluding carboxylic acids is 9. The minimum atomic E-state index is -2.44. The van der Waals surface area contributed by atoms with Crippen molar-refractivity contribution in [3.05, 3.63) is 0 Å². The average molecular weight is 1180 g/mol. The molecule has 0 unspecified atom stereocenters. The van der Waals surface area contributed by atoms with Crippen LogP contribution in [0.2, 0.25) is 0 Å². The molecule has 0 aromatic rings. The second-order valence-electron chi connectivity index (χ2n) is 17.8. The Morgan fingerprint density at radius 3 is 1.32 bits per heavy atom. The van der Waals surface area contributed by atoms with E-state index in [9.17, 15) is 109 Å². The molecule has 13 atom stereocenters. The number of unbranched alkanes of at least 4 members (excludes halogenated alkanes) is 1. The van der Waals surface area contributed by atoms with Crippen molar-refractivity contribution < 1.29 is 123 Å². The molecule has 0 radical (unpaired) electrons. The van der Waals surface area contributed by atoms with Crippen LogP contribution < -0.4 is 47.9 Å². The largest absolute Gasteiger partial charge is 0.481 e. The number of thioether (sulfide) groups is 2. The first-order valence-corrected chi connectivity index (χ1v) is 26.1. The lowest BCUT2D eigenvalue weighted by atomic mass is 9.90. The molecule has 0 bridgehead atoms. The van der Waals surface area contributed by atoms with Crippen molar-refractivity contribution in [2.24, 2.45) is 0 Å². The van der Waals surface area contributed by atoms with Gasteiger partial charge in [0.05, 0.1) is 81.6 Å². The molecule has 9 amide bonds. The van der Waals surface area contributed by atoms with E-state index in [1.165, 1.54) is 0 Å². The summed E-state index contributed by atoms with van der Waals surface area (Å²) in [6, 6.07) is -4.15. The summed E-state index contributed by atoms with van der Waals surface area (Å²) in [6.07, 6.45) is -16.3. The summed E-state index contributed by atoms with van der Waals surface area (Å²) in [4.78, 5) is 143. The van der Waals surface area contributed by atoms with Crippen LogP contribution in [-0.4, -0.2) is 268 Å². The average Bonchev–Trinajstić information content (AvgIpc) is 3.39. The minimum Gasteiger partial charge on any atom is -0.481 e. The second kappa shape index (κ2) is 33.5. The molecule has 2 rings (SSSR count). The van der Waals surface area contributed by atoms with E-state index < -0.39 is 218 Å². The van der Waals surface area contributed by atoms with Gasteiger partial charge in [0, 0.05) is 39.8 Å². The number of carboxylic acid groups (broad SMARTS) is 3. The first-order valence-electron chi connectivity index (χ1n) is 24.1. The van der Waals surface area contributed by atoms with Gasteiger partial charge < -0.3 is 113 Å². The van der Waals surface area contributed by atoms with Crippen LogP contribution in [0.25, 0.3) is 0 Å². The highest BCUT2D eigenvalue weighted by atomic mass is 32.2. The monoisotopic (exact) mass is 1180 g/mol. The Balaban J connectivity index is 1.85. The summed E-state index contributed by atoms with van der Waals surface area (Å²) < 4.78 is 11.2. The molecule has 2 fully saturated rings. The van der Waals surface area contributed by atoms with Gasteiger partial charge in [-0.1, -0.05) is 0 Å². The minimum absolute atomic E-state index is 0.0154. The molecule has 2 heterocycles. The zero-order valence-corrected chi connectivity index (χ0v) is 44.2. The molecule has 448 valence electrons. The fourth-order valence-electron chi connectivity index (χ4n) is 7.55. The Morgan fingerprint density at radius 1 is 0.544 bits per heavy atom.